The first-order valence-electron chi connectivity index (χ1n) is 5.63. The summed E-state index contributed by atoms with van der Waals surface area (Å²) in [6, 6.07) is 1.89. The predicted octanol–water partition coefficient (Wildman–Crippen LogP) is 2.05. The number of rotatable bonds is 4. The van der Waals surface area contributed by atoms with Gasteiger partial charge in [0.05, 0.1) is 0 Å². The monoisotopic (exact) mass is 217 g/mol. The number of H-pyrrole nitrogens is 1. The summed E-state index contributed by atoms with van der Waals surface area (Å²) in [6.07, 6.45) is 7.36. The molecule has 4 nitrogen and oxygen atoms in total. The lowest BCUT2D eigenvalue weighted by Crippen LogP contribution is -2.12. The molecule has 0 saturated carbocycles. The second-order valence-electron chi connectivity index (χ2n) is 3.91. The van der Waals surface area contributed by atoms with E-state index in [0.717, 1.165) is 36.6 Å². The normalized spacial score (nSPS) is 10.8. The van der Waals surface area contributed by atoms with Crippen LogP contribution >= 0.6 is 0 Å². The highest BCUT2D eigenvalue weighted by Gasteiger charge is 2.03. The van der Waals surface area contributed by atoms with Gasteiger partial charge >= 0.3 is 0 Å². The molecule has 0 aliphatic carbocycles. The van der Waals surface area contributed by atoms with Crippen molar-refractivity contribution in [3.63, 3.8) is 0 Å². The van der Waals surface area contributed by atoms with E-state index >= 15 is 0 Å². The maximum absolute atomic E-state index is 11.7. The van der Waals surface area contributed by atoms with Crippen molar-refractivity contribution in [2.24, 2.45) is 0 Å². The van der Waals surface area contributed by atoms with Gasteiger partial charge < -0.3 is 4.98 Å². The highest BCUT2D eigenvalue weighted by atomic mass is 16.1. The van der Waals surface area contributed by atoms with E-state index in [2.05, 4.69) is 21.9 Å². The van der Waals surface area contributed by atoms with Gasteiger partial charge in [0.25, 0.3) is 5.56 Å². The molecule has 0 aromatic carbocycles. The summed E-state index contributed by atoms with van der Waals surface area (Å²) in [5, 5.41) is 0.897. The van der Waals surface area contributed by atoms with Crippen LogP contribution in [0, 0.1) is 0 Å². The van der Waals surface area contributed by atoms with Gasteiger partial charge in [0.1, 0.15) is 12.0 Å². The van der Waals surface area contributed by atoms with Gasteiger partial charge in [-0.2, -0.15) is 0 Å². The van der Waals surface area contributed by atoms with E-state index in [4.69, 9.17) is 0 Å². The molecule has 16 heavy (non-hydrogen) atoms. The Morgan fingerprint density at radius 3 is 3.06 bits per heavy atom. The summed E-state index contributed by atoms with van der Waals surface area (Å²) in [5.41, 5.74) is 1.41. The van der Waals surface area contributed by atoms with Crippen LogP contribution in [0.15, 0.2) is 23.4 Å². The smallest absolute Gasteiger partial charge is 0.252 e. The number of aromatic amines is 1. The third kappa shape index (κ3) is 2.27. The Balaban J connectivity index is 2.31. The number of hydrogen-bond acceptors (Lipinski definition) is 3. The maximum Gasteiger partial charge on any atom is 0.252 e. The summed E-state index contributed by atoms with van der Waals surface area (Å²) in [7, 11) is 0. The zero-order valence-corrected chi connectivity index (χ0v) is 9.36. The molecule has 0 amide bonds. The van der Waals surface area contributed by atoms with Crippen molar-refractivity contribution in [2.45, 2.75) is 32.6 Å². The molecular formula is C12H15N3O. The van der Waals surface area contributed by atoms with Gasteiger partial charge in [-0.1, -0.05) is 19.8 Å². The first kappa shape index (κ1) is 10.8. The second kappa shape index (κ2) is 4.88. The van der Waals surface area contributed by atoms with Gasteiger partial charge in [-0.05, 0) is 18.9 Å². The molecule has 2 rings (SSSR count). The van der Waals surface area contributed by atoms with Gasteiger partial charge in [-0.15, -0.1) is 0 Å². The van der Waals surface area contributed by atoms with Crippen molar-refractivity contribution in [1.82, 2.24) is 15.0 Å². The van der Waals surface area contributed by atoms with E-state index in [1.807, 2.05) is 6.07 Å². The first-order chi connectivity index (χ1) is 7.81. The molecular weight excluding hydrogens is 202 g/mol. The Morgan fingerprint density at radius 1 is 1.38 bits per heavy atom. The molecule has 0 spiro atoms. The molecule has 0 fully saturated rings. The third-order valence-electron chi connectivity index (χ3n) is 2.64. The molecule has 0 saturated heterocycles. The SMILES string of the molecule is CCCCCc1cc2cncnc2[nH]c1=O. The molecule has 0 radical (unpaired) electrons. The highest BCUT2D eigenvalue weighted by Crippen LogP contribution is 2.08. The minimum atomic E-state index is -0.0256. The van der Waals surface area contributed by atoms with E-state index in [-0.39, 0.29) is 5.56 Å². The van der Waals surface area contributed by atoms with Crippen LogP contribution in [-0.2, 0) is 6.42 Å². The van der Waals surface area contributed by atoms with E-state index in [1.165, 1.54) is 6.33 Å². The van der Waals surface area contributed by atoms with Crippen molar-refractivity contribution in [3.8, 4) is 0 Å². The lowest BCUT2D eigenvalue weighted by molar-refractivity contribution is 0.714. The number of unbranched alkanes of at least 4 members (excludes halogenated alkanes) is 2. The molecule has 4 heteroatoms. The summed E-state index contributed by atoms with van der Waals surface area (Å²) in [4.78, 5) is 22.4. The lowest BCUT2D eigenvalue weighted by Gasteiger charge is -2.01. The zero-order valence-electron chi connectivity index (χ0n) is 9.36. The van der Waals surface area contributed by atoms with Crippen molar-refractivity contribution in [1.29, 1.82) is 0 Å². The summed E-state index contributed by atoms with van der Waals surface area (Å²) in [5.74, 6) is 0. The van der Waals surface area contributed by atoms with Crippen LogP contribution in [-0.4, -0.2) is 15.0 Å². The number of aryl methyl sites for hydroxylation is 1. The fraction of sp³-hybridized carbons (Fsp3) is 0.417. The summed E-state index contributed by atoms with van der Waals surface area (Å²) >= 11 is 0. The molecule has 0 bridgehead atoms. The second-order valence-corrected chi connectivity index (χ2v) is 3.91. The summed E-state index contributed by atoms with van der Waals surface area (Å²) < 4.78 is 0. The van der Waals surface area contributed by atoms with E-state index in [1.54, 1.807) is 6.20 Å². The zero-order chi connectivity index (χ0) is 11.4. The number of fused-ring (bicyclic) bond motifs is 1. The quantitative estimate of drug-likeness (QED) is 0.797. The summed E-state index contributed by atoms with van der Waals surface area (Å²) in [6.45, 7) is 2.15. The number of nitrogens with zero attached hydrogens (tertiary/aromatic N) is 2. The lowest BCUT2D eigenvalue weighted by atomic mass is 10.1. The van der Waals surface area contributed by atoms with Gasteiger partial charge in [-0.25, -0.2) is 9.97 Å². The van der Waals surface area contributed by atoms with Gasteiger partial charge in [-0.3, -0.25) is 4.79 Å². The number of aromatic nitrogens is 3. The molecule has 2 aromatic heterocycles. The molecule has 0 unspecified atom stereocenters. The van der Waals surface area contributed by atoms with Crippen LogP contribution in [0.5, 0.6) is 0 Å². The minimum Gasteiger partial charge on any atom is -0.306 e. The molecule has 0 atom stereocenters. The van der Waals surface area contributed by atoms with Crippen LogP contribution in [0.4, 0.5) is 0 Å². The van der Waals surface area contributed by atoms with Crippen molar-refractivity contribution >= 4 is 11.0 Å². The standard InChI is InChI=1S/C12H15N3O/c1-2-3-4-5-9-6-10-7-13-8-14-11(10)15-12(9)16/h6-8H,2-5H2,1H3,(H,13,14,15,16). The van der Waals surface area contributed by atoms with E-state index < -0.39 is 0 Å². The maximum atomic E-state index is 11.7. The Morgan fingerprint density at radius 2 is 2.25 bits per heavy atom. The fourth-order valence-electron chi connectivity index (χ4n) is 1.74. The molecule has 1 N–H and O–H groups in total. The molecule has 84 valence electrons. The van der Waals surface area contributed by atoms with Crippen molar-refractivity contribution in [2.75, 3.05) is 0 Å². The Hall–Kier alpha value is -1.71. The van der Waals surface area contributed by atoms with Gasteiger partial charge in [0.2, 0.25) is 0 Å². The molecule has 2 aromatic rings. The van der Waals surface area contributed by atoms with Gasteiger partial charge in [0.15, 0.2) is 0 Å². The topological polar surface area (TPSA) is 58.6 Å². The van der Waals surface area contributed by atoms with Crippen molar-refractivity contribution in [3.05, 3.63) is 34.5 Å². The molecule has 0 aliphatic rings. The van der Waals surface area contributed by atoms with E-state index in [9.17, 15) is 4.79 Å². The Bertz CT molecular complexity index is 533. The third-order valence-corrected chi connectivity index (χ3v) is 2.64. The average Bonchev–Trinajstić information content (AvgIpc) is 2.30. The first-order valence-corrected chi connectivity index (χ1v) is 5.63. The van der Waals surface area contributed by atoms with Crippen LogP contribution in [0.1, 0.15) is 31.7 Å². The minimum absolute atomic E-state index is 0.0256. The number of pyridine rings is 1. The van der Waals surface area contributed by atoms with Crippen LogP contribution < -0.4 is 5.56 Å². The fourth-order valence-corrected chi connectivity index (χ4v) is 1.74. The van der Waals surface area contributed by atoms with Crippen LogP contribution in [0.2, 0.25) is 0 Å². The molecule has 0 aliphatic heterocycles. The van der Waals surface area contributed by atoms with E-state index in [0.29, 0.717) is 5.65 Å². The Kier molecular flexibility index (Phi) is 3.29. The number of nitrogens with one attached hydrogen (secondary N) is 1. The van der Waals surface area contributed by atoms with Crippen molar-refractivity contribution < 1.29 is 0 Å². The predicted molar refractivity (Wildman–Crippen MR) is 63.4 cm³/mol. The van der Waals surface area contributed by atoms with Crippen LogP contribution in [0.25, 0.3) is 11.0 Å². The Labute approximate surface area is 93.8 Å². The molecule has 2 heterocycles. The highest BCUT2D eigenvalue weighted by molar-refractivity contribution is 5.73. The number of hydrogen-bond donors (Lipinski definition) is 1. The largest absolute Gasteiger partial charge is 0.306 e. The average molecular weight is 217 g/mol. The van der Waals surface area contributed by atoms with Gasteiger partial charge in [0, 0.05) is 17.1 Å². The van der Waals surface area contributed by atoms with Crippen LogP contribution in [0.3, 0.4) is 0 Å².